The number of hydrogen-bond donors (Lipinski definition) is 0. The van der Waals surface area contributed by atoms with Crippen LogP contribution in [-0.4, -0.2) is 18.7 Å². The molecule has 3 nitrogen and oxygen atoms in total. The first kappa shape index (κ1) is 18.5. The molecule has 0 N–H and O–H groups in total. The lowest BCUT2D eigenvalue weighted by Crippen LogP contribution is -2.24. The minimum atomic E-state index is -0.140. The number of carbonyl (C=O) groups is 1. The van der Waals surface area contributed by atoms with E-state index >= 15 is 0 Å². The molecule has 0 saturated heterocycles. The quantitative estimate of drug-likeness (QED) is 0.688. The molecule has 0 bridgehead atoms. The highest BCUT2D eigenvalue weighted by molar-refractivity contribution is 5.71. The predicted molar refractivity (Wildman–Crippen MR) is 90.4 cm³/mol. The summed E-state index contributed by atoms with van der Waals surface area (Å²) >= 11 is 0. The summed E-state index contributed by atoms with van der Waals surface area (Å²) in [5, 5.41) is 0. The van der Waals surface area contributed by atoms with Gasteiger partial charge in [0.2, 0.25) is 0 Å². The van der Waals surface area contributed by atoms with Crippen molar-refractivity contribution in [1.29, 1.82) is 0 Å². The standard InChI is InChI=1S/C19H30O3/c1-13(2)18(20)21-12-11-19(6,7)17-15(5)9-8-10-16(17)22-14(3)4/h8-10,13-14H,11-12H2,1-7H3. The fourth-order valence-corrected chi connectivity index (χ4v) is 2.56. The molecule has 0 aliphatic carbocycles. The van der Waals surface area contributed by atoms with Gasteiger partial charge in [0.15, 0.2) is 0 Å². The van der Waals surface area contributed by atoms with Crippen molar-refractivity contribution in [3.8, 4) is 5.75 Å². The van der Waals surface area contributed by atoms with Crippen LogP contribution in [0.1, 0.15) is 59.1 Å². The first-order valence-electron chi connectivity index (χ1n) is 8.08. The third kappa shape index (κ3) is 5.04. The van der Waals surface area contributed by atoms with Crippen molar-refractivity contribution in [2.75, 3.05) is 6.61 Å². The number of ether oxygens (including phenoxy) is 2. The first-order chi connectivity index (χ1) is 10.1. The van der Waals surface area contributed by atoms with Gasteiger partial charge in [-0.1, -0.05) is 39.8 Å². The smallest absolute Gasteiger partial charge is 0.308 e. The molecular formula is C19H30O3. The maximum atomic E-state index is 11.6. The molecule has 0 saturated carbocycles. The van der Waals surface area contributed by atoms with Gasteiger partial charge in [-0.15, -0.1) is 0 Å². The highest BCUT2D eigenvalue weighted by Gasteiger charge is 2.27. The number of rotatable bonds is 7. The third-order valence-corrected chi connectivity index (χ3v) is 3.72. The van der Waals surface area contributed by atoms with Crippen LogP contribution in [0.3, 0.4) is 0 Å². The van der Waals surface area contributed by atoms with Gasteiger partial charge < -0.3 is 9.47 Å². The molecule has 0 heterocycles. The van der Waals surface area contributed by atoms with E-state index in [-0.39, 0.29) is 23.4 Å². The molecule has 1 aromatic carbocycles. The molecule has 3 heteroatoms. The Bertz CT molecular complexity index is 501. The van der Waals surface area contributed by atoms with Crippen LogP contribution in [0.5, 0.6) is 5.75 Å². The van der Waals surface area contributed by atoms with E-state index in [0.29, 0.717) is 6.61 Å². The van der Waals surface area contributed by atoms with Crippen LogP contribution in [0.2, 0.25) is 0 Å². The first-order valence-corrected chi connectivity index (χ1v) is 8.08. The van der Waals surface area contributed by atoms with Gasteiger partial charge in [0, 0.05) is 5.56 Å². The van der Waals surface area contributed by atoms with E-state index in [0.717, 1.165) is 12.2 Å². The highest BCUT2D eigenvalue weighted by Crippen LogP contribution is 2.37. The Morgan fingerprint density at radius 3 is 2.36 bits per heavy atom. The summed E-state index contributed by atoms with van der Waals surface area (Å²) in [7, 11) is 0. The molecule has 0 atom stereocenters. The monoisotopic (exact) mass is 306 g/mol. The Kier molecular flexibility index (Phi) is 6.46. The number of hydrogen-bond acceptors (Lipinski definition) is 3. The Labute approximate surface area is 135 Å². The second-order valence-electron chi connectivity index (χ2n) is 7.07. The summed E-state index contributed by atoms with van der Waals surface area (Å²) in [6.45, 7) is 14.6. The molecule has 1 aromatic rings. The van der Waals surface area contributed by atoms with Crippen molar-refractivity contribution in [2.24, 2.45) is 5.92 Å². The van der Waals surface area contributed by atoms with Crippen molar-refractivity contribution < 1.29 is 14.3 Å². The summed E-state index contributed by atoms with van der Waals surface area (Å²) in [5.74, 6) is 0.704. The molecule has 0 radical (unpaired) electrons. The van der Waals surface area contributed by atoms with Crippen LogP contribution in [0.25, 0.3) is 0 Å². The van der Waals surface area contributed by atoms with Crippen molar-refractivity contribution in [2.45, 2.75) is 66.4 Å². The van der Waals surface area contributed by atoms with Crippen LogP contribution in [-0.2, 0) is 14.9 Å². The van der Waals surface area contributed by atoms with Gasteiger partial charge in [-0.25, -0.2) is 0 Å². The number of esters is 1. The molecule has 0 fully saturated rings. The Balaban J connectivity index is 2.89. The van der Waals surface area contributed by atoms with Crippen molar-refractivity contribution in [3.05, 3.63) is 29.3 Å². The van der Waals surface area contributed by atoms with Crippen LogP contribution in [0.4, 0.5) is 0 Å². The summed E-state index contributed by atoms with van der Waals surface area (Å²) in [5.41, 5.74) is 2.29. The maximum Gasteiger partial charge on any atom is 0.308 e. The highest BCUT2D eigenvalue weighted by atomic mass is 16.5. The summed E-state index contributed by atoms with van der Waals surface area (Å²) in [6.07, 6.45) is 0.903. The number of benzene rings is 1. The van der Waals surface area contributed by atoms with Gasteiger partial charge in [-0.3, -0.25) is 4.79 Å². The van der Waals surface area contributed by atoms with E-state index in [1.54, 1.807) is 0 Å². The maximum absolute atomic E-state index is 11.6. The van der Waals surface area contributed by atoms with E-state index < -0.39 is 0 Å². The summed E-state index contributed by atoms with van der Waals surface area (Å²) in [6, 6.07) is 6.14. The average Bonchev–Trinajstić information content (AvgIpc) is 2.37. The lowest BCUT2D eigenvalue weighted by atomic mass is 9.79. The van der Waals surface area contributed by atoms with E-state index in [1.807, 2.05) is 39.8 Å². The normalized spacial score (nSPS) is 11.9. The van der Waals surface area contributed by atoms with Crippen LogP contribution in [0, 0.1) is 12.8 Å². The minimum absolute atomic E-state index is 0.0820. The van der Waals surface area contributed by atoms with Crippen LogP contribution >= 0.6 is 0 Å². The molecule has 0 amide bonds. The van der Waals surface area contributed by atoms with Crippen molar-refractivity contribution in [3.63, 3.8) is 0 Å². The molecule has 0 aliphatic rings. The molecular weight excluding hydrogens is 276 g/mol. The van der Waals surface area contributed by atoms with Crippen LogP contribution < -0.4 is 4.74 Å². The van der Waals surface area contributed by atoms with Gasteiger partial charge >= 0.3 is 5.97 Å². The zero-order valence-corrected chi connectivity index (χ0v) is 15.0. The largest absolute Gasteiger partial charge is 0.491 e. The zero-order valence-electron chi connectivity index (χ0n) is 15.0. The molecule has 124 valence electrons. The molecule has 0 unspecified atom stereocenters. The second kappa shape index (κ2) is 7.66. The topological polar surface area (TPSA) is 35.5 Å². The lowest BCUT2D eigenvalue weighted by Gasteiger charge is -2.30. The fourth-order valence-electron chi connectivity index (χ4n) is 2.56. The lowest BCUT2D eigenvalue weighted by molar-refractivity contribution is -0.147. The van der Waals surface area contributed by atoms with Gasteiger partial charge in [-0.05, 0) is 44.2 Å². The molecule has 0 spiro atoms. The van der Waals surface area contributed by atoms with Gasteiger partial charge in [0.1, 0.15) is 5.75 Å². The van der Waals surface area contributed by atoms with Crippen LogP contribution in [0.15, 0.2) is 18.2 Å². The van der Waals surface area contributed by atoms with E-state index in [1.165, 1.54) is 11.1 Å². The SMILES string of the molecule is Cc1cccc(OC(C)C)c1C(C)(C)CCOC(=O)C(C)C. The Morgan fingerprint density at radius 2 is 1.82 bits per heavy atom. The van der Waals surface area contributed by atoms with Gasteiger partial charge in [0.25, 0.3) is 0 Å². The average molecular weight is 306 g/mol. The Hall–Kier alpha value is -1.51. The number of aryl methyl sites for hydroxylation is 1. The molecule has 0 aliphatic heterocycles. The van der Waals surface area contributed by atoms with E-state index in [9.17, 15) is 4.79 Å². The Morgan fingerprint density at radius 1 is 1.18 bits per heavy atom. The van der Waals surface area contributed by atoms with E-state index in [2.05, 4.69) is 26.8 Å². The third-order valence-electron chi connectivity index (χ3n) is 3.72. The van der Waals surface area contributed by atoms with Crippen molar-refractivity contribution >= 4 is 5.97 Å². The van der Waals surface area contributed by atoms with Gasteiger partial charge in [-0.2, -0.15) is 0 Å². The zero-order chi connectivity index (χ0) is 16.9. The van der Waals surface area contributed by atoms with E-state index in [4.69, 9.17) is 9.47 Å². The van der Waals surface area contributed by atoms with Crippen molar-refractivity contribution in [1.82, 2.24) is 0 Å². The summed E-state index contributed by atoms with van der Waals surface area (Å²) < 4.78 is 11.3. The second-order valence-corrected chi connectivity index (χ2v) is 7.07. The molecule has 0 aromatic heterocycles. The minimum Gasteiger partial charge on any atom is -0.491 e. The fraction of sp³-hybridized carbons (Fsp3) is 0.632. The predicted octanol–water partition coefficient (Wildman–Crippen LogP) is 4.65. The molecule has 1 rings (SSSR count). The molecule has 22 heavy (non-hydrogen) atoms. The summed E-state index contributed by atoms with van der Waals surface area (Å²) in [4.78, 5) is 11.6. The van der Waals surface area contributed by atoms with Gasteiger partial charge in [0.05, 0.1) is 18.6 Å². The number of carbonyl (C=O) groups excluding carboxylic acids is 1.